The number of rotatable bonds is 7. The Morgan fingerprint density at radius 3 is 2.48 bits per heavy atom. The minimum Gasteiger partial charge on any atom is -0.493 e. The van der Waals surface area contributed by atoms with Crippen LogP contribution in [0.2, 0.25) is 0 Å². The first kappa shape index (κ1) is 18.6. The third kappa shape index (κ3) is 4.02. The van der Waals surface area contributed by atoms with Crippen molar-refractivity contribution < 1.29 is 23.8 Å². The summed E-state index contributed by atoms with van der Waals surface area (Å²) >= 11 is 0. The normalized spacial score (nSPS) is 10.4. The summed E-state index contributed by atoms with van der Waals surface area (Å²) in [6.45, 7) is 7.25. The number of esters is 1. The van der Waals surface area contributed by atoms with E-state index in [9.17, 15) is 9.59 Å². The molecule has 0 aliphatic heterocycles. The Bertz CT molecular complexity index is 791. The number of H-pyrrole nitrogens is 1. The van der Waals surface area contributed by atoms with Gasteiger partial charge in [-0.3, -0.25) is 4.79 Å². The van der Waals surface area contributed by atoms with Gasteiger partial charge < -0.3 is 19.2 Å². The number of methoxy groups -OCH3 is 1. The highest BCUT2D eigenvalue weighted by atomic mass is 16.5. The lowest BCUT2D eigenvalue weighted by Crippen LogP contribution is -2.14. The molecular weight excluding hydrogens is 322 g/mol. The highest BCUT2D eigenvalue weighted by Crippen LogP contribution is 2.28. The van der Waals surface area contributed by atoms with Gasteiger partial charge in [0.05, 0.1) is 25.0 Å². The molecule has 0 aliphatic carbocycles. The molecule has 2 rings (SSSR count). The lowest BCUT2D eigenvalue weighted by molar-refractivity contribution is 0.0525. The molecule has 1 N–H and O–H groups in total. The highest BCUT2D eigenvalue weighted by molar-refractivity contribution is 6.02. The monoisotopic (exact) mass is 345 g/mol. The number of Topliss-reactive ketones (excluding diaryl/α,β-unsaturated/α-hetero) is 1. The van der Waals surface area contributed by atoms with E-state index in [4.69, 9.17) is 14.2 Å². The van der Waals surface area contributed by atoms with Crippen LogP contribution in [0.4, 0.5) is 0 Å². The van der Waals surface area contributed by atoms with Crippen LogP contribution in [0.3, 0.4) is 0 Å². The molecule has 0 radical (unpaired) electrons. The number of benzene rings is 1. The molecule has 1 aromatic carbocycles. The summed E-state index contributed by atoms with van der Waals surface area (Å²) < 4.78 is 15.9. The minimum absolute atomic E-state index is 0.164. The van der Waals surface area contributed by atoms with Crippen LogP contribution in [0.25, 0.3) is 0 Å². The topological polar surface area (TPSA) is 77.6 Å². The maximum atomic E-state index is 12.5. The molecule has 0 spiro atoms. The van der Waals surface area contributed by atoms with Crippen molar-refractivity contribution in [1.82, 2.24) is 4.98 Å². The van der Waals surface area contributed by atoms with Crippen molar-refractivity contribution in [1.29, 1.82) is 0 Å². The molecule has 0 fully saturated rings. The molecule has 6 heteroatoms. The number of aromatic nitrogens is 1. The summed E-state index contributed by atoms with van der Waals surface area (Å²) in [6.07, 6.45) is 0. The van der Waals surface area contributed by atoms with Crippen LogP contribution in [0.1, 0.15) is 44.6 Å². The van der Waals surface area contributed by atoms with Crippen LogP contribution in [-0.4, -0.2) is 37.1 Å². The Labute approximate surface area is 147 Å². The second-order valence-corrected chi connectivity index (χ2v) is 5.71. The van der Waals surface area contributed by atoms with E-state index in [-0.39, 0.29) is 19.0 Å². The van der Waals surface area contributed by atoms with Gasteiger partial charge in [-0.2, -0.15) is 0 Å². The van der Waals surface area contributed by atoms with Crippen molar-refractivity contribution in [3.8, 4) is 11.5 Å². The fourth-order valence-electron chi connectivity index (χ4n) is 2.65. The number of ketones is 1. The summed E-state index contributed by atoms with van der Waals surface area (Å²) in [5.74, 6) is 0.375. The molecule has 6 nitrogen and oxygen atoms in total. The number of aryl methyl sites for hydroxylation is 2. The molecule has 1 heterocycles. The van der Waals surface area contributed by atoms with Crippen molar-refractivity contribution in [2.75, 3.05) is 20.3 Å². The molecule has 0 bridgehead atoms. The number of hydrogen-bond donors (Lipinski definition) is 1. The maximum Gasteiger partial charge on any atom is 0.340 e. The Balaban J connectivity index is 2.17. The van der Waals surface area contributed by atoms with E-state index in [0.717, 1.165) is 5.56 Å². The Hall–Kier alpha value is -2.76. The van der Waals surface area contributed by atoms with E-state index >= 15 is 0 Å². The van der Waals surface area contributed by atoms with Crippen molar-refractivity contribution in [2.45, 2.75) is 27.7 Å². The van der Waals surface area contributed by atoms with E-state index in [0.29, 0.717) is 34.0 Å². The molecule has 1 aromatic heterocycles. The Kier molecular flexibility index (Phi) is 5.85. The van der Waals surface area contributed by atoms with E-state index in [2.05, 4.69) is 4.98 Å². The van der Waals surface area contributed by atoms with Crippen molar-refractivity contribution in [3.05, 3.63) is 46.3 Å². The van der Waals surface area contributed by atoms with Crippen molar-refractivity contribution >= 4 is 11.8 Å². The zero-order valence-electron chi connectivity index (χ0n) is 15.2. The van der Waals surface area contributed by atoms with Gasteiger partial charge in [0.15, 0.2) is 18.1 Å². The van der Waals surface area contributed by atoms with Gasteiger partial charge in [0.2, 0.25) is 5.78 Å². The number of hydrogen-bond acceptors (Lipinski definition) is 5. The first-order valence-electron chi connectivity index (χ1n) is 8.05. The zero-order chi connectivity index (χ0) is 18.6. The molecule has 0 amide bonds. The molecular formula is C19H23NO5. The second kappa shape index (κ2) is 7.88. The van der Waals surface area contributed by atoms with Gasteiger partial charge in [-0.05, 0) is 51.0 Å². The van der Waals surface area contributed by atoms with Crippen LogP contribution >= 0.6 is 0 Å². The van der Waals surface area contributed by atoms with Gasteiger partial charge in [-0.25, -0.2) is 4.79 Å². The third-order valence-corrected chi connectivity index (χ3v) is 3.87. The summed E-state index contributed by atoms with van der Waals surface area (Å²) in [6, 6.07) is 5.48. The molecule has 2 aromatic rings. The molecule has 25 heavy (non-hydrogen) atoms. The summed E-state index contributed by atoms with van der Waals surface area (Å²) in [5.41, 5.74) is 2.96. The van der Waals surface area contributed by atoms with Crippen molar-refractivity contribution in [3.63, 3.8) is 0 Å². The Morgan fingerprint density at radius 2 is 1.84 bits per heavy atom. The molecule has 0 unspecified atom stereocenters. The maximum absolute atomic E-state index is 12.5. The van der Waals surface area contributed by atoms with Crippen LogP contribution in [0.15, 0.2) is 18.2 Å². The first-order chi connectivity index (χ1) is 11.9. The van der Waals surface area contributed by atoms with Gasteiger partial charge in [0.1, 0.15) is 0 Å². The molecule has 0 saturated heterocycles. The first-order valence-corrected chi connectivity index (χ1v) is 8.05. The largest absolute Gasteiger partial charge is 0.493 e. The smallest absolute Gasteiger partial charge is 0.340 e. The average molecular weight is 345 g/mol. The minimum atomic E-state index is -0.436. The van der Waals surface area contributed by atoms with Gasteiger partial charge in [-0.1, -0.05) is 6.07 Å². The molecule has 0 aliphatic rings. The summed E-state index contributed by atoms with van der Waals surface area (Å²) in [4.78, 5) is 27.5. The zero-order valence-corrected chi connectivity index (χ0v) is 15.2. The van der Waals surface area contributed by atoms with E-state index in [1.165, 1.54) is 0 Å². The van der Waals surface area contributed by atoms with E-state index in [1.54, 1.807) is 33.9 Å². The number of carbonyl (C=O) groups is 2. The number of carbonyl (C=O) groups excluding carboxylic acids is 2. The predicted octanol–water partition coefficient (Wildman–Crippen LogP) is 3.39. The SMILES string of the molecule is CCOC(=O)c1c(C)[nH]c(C(=O)COc2ccc(C)cc2OC)c1C. The van der Waals surface area contributed by atoms with Gasteiger partial charge in [0.25, 0.3) is 0 Å². The van der Waals surface area contributed by atoms with Crippen LogP contribution < -0.4 is 9.47 Å². The van der Waals surface area contributed by atoms with Crippen LogP contribution in [0, 0.1) is 20.8 Å². The fourth-order valence-corrected chi connectivity index (χ4v) is 2.65. The average Bonchev–Trinajstić information content (AvgIpc) is 2.88. The fraction of sp³-hybridized carbons (Fsp3) is 0.368. The quantitative estimate of drug-likeness (QED) is 0.615. The van der Waals surface area contributed by atoms with Crippen LogP contribution in [0.5, 0.6) is 11.5 Å². The van der Waals surface area contributed by atoms with Gasteiger partial charge >= 0.3 is 5.97 Å². The van der Waals surface area contributed by atoms with E-state index in [1.807, 2.05) is 19.1 Å². The van der Waals surface area contributed by atoms with Gasteiger partial charge in [0, 0.05) is 5.69 Å². The third-order valence-electron chi connectivity index (χ3n) is 3.87. The van der Waals surface area contributed by atoms with Crippen molar-refractivity contribution in [2.24, 2.45) is 0 Å². The summed E-state index contributed by atoms with van der Waals surface area (Å²) in [7, 11) is 1.55. The van der Waals surface area contributed by atoms with E-state index < -0.39 is 5.97 Å². The Morgan fingerprint density at radius 1 is 1.12 bits per heavy atom. The number of nitrogens with one attached hydrogen (secondary N) is 1. The highest BCUT2D eigenvalue weighted by Gasteiger charge is 2.23. The molecule has 0 atom stereocenters. The second-order valence-electron chi connectivity index (χ2n) is 5.71. The lowest BCUT2D eigenvalue weighted by atomic mass is 10.1. The predicted molar refractivity (Wildman–Crippen MR) is 93.8 cm³/mol. The standard InChI is InChI=1S/C19H23NO5/c1-6-24-19(22)17-12(3)18(20-13(17)4)14(21)10-25-15-8-7-11(2)9-16(15)23-5/h7-9,20H,6,10H2,1-5H3. The van der Waals surface area contributed by atoms with Gasteiger partial charge in [-0.15, -0.1) is 0 Å². The van der Waals surface area contributed by atoms with Crippen LogP contribution in [-0.2, 0) is 4.74 Å². The molecule has 134 valence electrons. The summed E-state index contributed by atoms with van der Waals surface area (Å²) in [5, 5.41) is 0. The number of ether oxygens (including phenoxy) is 3. The molecule has 0 saturated carbocycles. The lowest BCUT2D eigenvalue weighted by Gasteiger charge is -2.10. The number of aromatic amines is 1.